The Hall–Kier alpha value is -1.09. The third-order valence-corrected chi connectivity index (χ3v) is 5.64. The Morgan fingerprint density at radius 3 is 2.80 bits per heavy atom. The molecule has 3 rings (SSSR count). The number of nitrogens with one attached hydrogen (secondary N) is 1. The molecule has 1 aliphatic carbocycles. The Morgan fingerprint density at radius 2 is 2.05 bits per heavy atom. The molecule has 6 nitrogen and oxygen atoms in total. The molecule has 0 unspecified atom stereocenters. The van der Waals surface area contributed by atoms with Crippen molar-refractivity contribution in [1.29, 1.82) is 0 Å². The van der Waals surface area contributed by atoms with Gasteiger partial charge in [-0.1, -0.05) is 18.9 Å². The van der Waals surface area contributed by atoms with Crippen molar-refractivity contribution in [3.05, 3.63) is 18.2 Å². The Kier molecular flexibility index (Phi) is 3.49. The van der Waals surface area contributed by atoms with Gasteiger partial charge in [-0.25, -0.2) is 13.1 Å². The summed E-state index contributed by atoms with van der Waals surface area (Å²) in [6.07, 6.45) is 3.14. The van der Waals surface area contributed by atoms with E-state index in [4.69, 9.17) is 0 Å². The highest BCUT2D eigenvalue weighted by Crippen LogP contribution is 2.29. The van der Waals surface area contributed by atoms with Crippen LogP contribution in [-0.4, -0.2) is 34.4 Å². The van der Waals surface area contributed by atoms with Gasteiger partial charge in [-0.15, -0.1) is 0 Å². The summed E-state index contributed by atoms with van der Waals surface area (Å²) in [5, 5.41) is 10.2. The molecule has 2 N–H and O–H groups in total. The molecule has 1 aromatic carbocycles. The molecule has 1 fully saturated rings. The van der Waals surface area contributed by atoms with Crippen LogP contribution in [0.15, 0.2) is 23.1 Å². The number of benzene rings is 1. The zero-order valence-electron chi connectivity index (χ0n) is 10.7. The van der Waals surface area contributed by atoms with E-state index in [1.54, 1.807) is 12.1 Å². The molecule has 8 heteroatoms. The van der Waals surface area contributed by atoms with E-state index in [1.165, 1.54) is 6.07 Å². The van der Waals surface area contributed by atoms with E-state index in [-0.39, 0.29) is 11.4 Å². The molecule has 0 saturated heterocycles. The minimum atomic E-state index is -3.69. The molecule has 1 heterocycles. The maximum atomic E-state index is 12.4. The minimum Gasteiger partial charge on any atom is -0.389 e. The third kappa shape index (κ3) is 2.56. The molecule has 0 bridgehead atoms. The smallest absolute Gasteiger partial charge is 0.242 e. The summed E-state index contributed by atoms with van der Waals surface area (Å²) in [5.41, 5.74) is 0.0299. The number of aliphatic hydroxyl groups is 1. The lowest BCUT2D eigenvalue weighted by molar-refractivity contribution is 0.0532. The van der Waals surface area contributed by atoms with Crippen LogP contribution < -0.4 is 4.72 Å². The van der Waals surface area contributed by atoms with E-state index in [2.05, 4.69) is 13.5 Å². The average molecular weight is 313 g/mol. The second-order valence-corrected chi connectivity index (χ2v) is 7.41. The largest absolute Gasteiger partial charge is 0.389 e. The first-order chi connectivity index (χ1) is 9.50. The number of fused-ring (bicyclic) bond motifs is 1. The van der Waals surface area contributed by atoms with Gasteiger partial charge in [-0.2, -0.15) is 8.75 Å². The Balaban J connectivity index is 1.86. The Morgan fingerprint density at radius 1 is 1.30 bits per heavy atom. The molecular weight excluding hydrogens is 298 g/mol. The lowest BCUT2D eigenvalue weighted by atomic mass is 10.0. The molecule has 0 radical (unpaired) electrons. The van der Waals surface area contributed by atoms with E-state index in [0.717, 1.165) is 24.6 Å². The third-order valence-electron chi connectivity index (χ3n) is 3.66. The summed E-state index contributed by atoms with van der Waals surface area (Å²) < 4.78 is 35.3. The fraction of sp³-hybridized carbons (Fsp3) is 0.500. The first-order valence-electron chi connectivity index (χ1n) is 6.44. The molecule has 0 amide bonds. The van der Waals surface area contributed by atoms with Gasteiger partial charge in [0.05, 0.1) is 17.3 Å². The highest BCUT2D eigenvalue weighted by atomic mass is 32.2. The van der Waals surface area contributed by atoms with Crippen molar-refractivity contribution >= 4 is 32.8 Å². The summed E-state index contributed by atoms with van der Waals surface area (Å²) in [6.45, 7) is 0.0449. The van der Waals surface area contributed by atoms with Crippen LogP contribution >= 0.6 is 11.7 Å². The van der Waals surface area contributed by atoms with E-state index in [1.807, 2.05) is 0 Å². The topological polar surface area (TPSA) is 92.2 Å². The summed E-state index contributed by atoms with van der Waals surface area (Å²) in [4.78, 5) is 0.116. The first-order valence-corrected chi connectivity index (χ1v) is 8.65. The van der Waals surface area contributed by atoms with Crippen molar-refractivity contribution in [1.82, 2.24) is 13.5 Å². The lowest BCUT2D eigenvalue weighted by Crippen LogP contribution is -2.40. The molecule has 0 aliphatic heterocycles. The molecule has 1 saturated carbocycles. The van der Waals surface area contributed by atoms with Gasteiger partial charge in [-0.05, 0) is 25.0 Å². The van der Waals surface area contributed by atoms with Gasteiger partial charge in [-0.3, -0.25) is 0 Å². The summed E-state index contributed by atoms with van der Waals surface area (Å²) in [5.74, 6) is 0. The van der Waals surface area contributed by atoms with Crippen molar-refractivity contribution < 1.29 is 13.5 Å². The van der Waals surface area contributed by atoms with Gasteiger partial charge in [0.15, 0.2) is 0 Å². The predicted molar refractivity (Wildman–Crippen MR) is 76.0 cm³/mol. The van der Waals surface area contributed by atoms with E-state index >= 15 is 0 Å². The Labute approximate surface area is 121 Å². The van der Waals surface area contributed by atoms with Crippen LogP contribution in [0, 0.1) is 0 Å². The van der Waals surface area contributed by atoms with E-state index < -0.39 is 15.6 Å². The quantitative estimate of drug-likeness (QED) is 0.887. The second-order valence-electron chi connectivity index (χ2n) is 5.14. The summed E-state index contributed by atoms with van der Waals surface area (Å²) >= 11 is 0.984. The van der Waals surface area contributed by atoms with Crippen molar-refractivity contribution in [2.45, 2.75) is 36.2 Å². The highest BCUT2D eigenvalue weighted by molar-refractivity contribution is 7.89. The highest BCUT2D eigenvalue weighted by Gasteiger charge is 2.33. The van der Waals surface area contributed by atoms with Gasteiger partial charge in [0.2, 0.25) is 10.0 Å². The number of aromatic nitrogens is 2. The maximum absolute atomic E-state index is 12.4. The number of nitrogens with zero attached hydrogens (tertiary/aromatic N) is 2. The normalized spacial score (nSPS) is 18.6. The van der Waals surface area contributed by atoms with Crippen LogP contribution in [0.25, 0.3) is 11.0 Å². The number of rotatable bonds is 4. The predicted octanol–water partition coefficient (Wildman–Crippen LogP) is 1.27. The minimum absolute atomic E-state index is 0.0449. The molecule has 2 aromatic rings. The van der Waals surface area contributed by atoms with Crippen LogP contribution in [-0.2, 0) is 10.0 Å². The summed E-state index contributed by atoms with van der Waals surface area (Å²) in [6, 6.07) is 4.87. The van der Waals surface area contributed by atoms with Gasteiger partial charge in [0.25, 0.3) is 0 Å². The molecule has 0 spiro atoms. The molecule has 20 heavy (non-hydrogen) atoms. The van der Waals surface area contributed by atoms with Crippen molar-refractivity contribution in [3.8, 4) is 0 Å². The molecule has 1 aliphatic rings. The van der Waals surface area contributed by atoms with Crippen LogP contribution in [0.4, 0.5) is 0 Å². The van der Waals surface area contributed by atoms with Crippen molar-refractivity contribution in [2.24, 2.45) is 0 Å². The monoisotopic (exact) mass is 313 g/mol. The zero-order chi connectivity index (χ0) is 14.2. The fourth-order valence-corrected chi connectivity index (χ4v) is 4.40. The standard InChI is InChI=1S/C12H15N3O3S2/c16-12(6-1-2-7-12)8-13-20(17,18)10-5-3-4-9-11(10)15-19-14-9/h3-5,13,16H,1-2,6-8H2. The van der Waals surface area contributed by atoms with Crippen LogP contribution in [0.2, 0.25) is 0 Å². The van der Waals surface area contributed by atoms with E-state index in [9.17, 15) is 13.5 Å². The first kappa shape index (κ1) is 13.9. The van der Waals surface area contributed by atoms with Gasteiger partial charge >= 0.3 is 0 Å². The second kappa shape index (κ2) is 5.03. The van der Waals surface area contributed by atoms with Crippen LogP contribution in [0.5, 0.6) is 0 Å². The number of hydrogen-bond acceptors (Lipinski definition) is 6. The molecule has 0 atom stereocenters. The fourth-order valence-electron chi connectivity index (χ4n) is 2.52. The van der Waals surface area contributed by atoms with Crippen molar-refractivity contribution in [3.63, 3.8) is 0 Å². The molecule has 108 valence electrons. The van der Waals surface area contributed by atoms with E-state index in [0.29, 0.717) is 23.9 Å². The zero-order valence-corrected chi connectivity index (χ0v) is 12.4. The average Bonchev–Trinajstić information content (AvgIpc) is 3.05. The van der Waals surface area contributed by atoms with Crippen LogP contribution in [0.3, 0.4) is 0 Å². The van der Waals surface area contributed by atoms with Crippen molar-refractivity contribution in [2.75, 3.05) is 6.54 Å². The lowest BCUT2D eigenvalue weighted by Gasteiger charge is -2.22. The molecular formula is C12H15N3O3S2. The number of sulfonamides is 1. The van der Waals surface area contributed by atoms with Gasteiger partial charge < -0.3 is 5.11 Å². The maximum Gasteiger partial charge on any atom is 0.242 e. The van der Waals surface area contributed by atoms with Crippen LogP contribution in [0.1, 0.15) is 25.7 Å². The molecule has 1 aromatic heterocycles. The Bertz CT molecular complexity index is 720. The SMILES string of the molecule is O=S(=O)(NCC1(O)CCCC1)c1cccc2nsnc12. The van der Waals surface area contributed by atoms with Gasteiger partial charge in [0, 0.05) is 6.54 Å². The summed E-state index contributed by atoms with van der Waals surface area (Å²) in [7, 11) is -3.69. The van der Waals surface area contributed by atoms with Gasteiger partial charge in [0.1, 0.15) is 15.9 Å². The number of hydrogen-bond donors (Lipinski definition) is 2.